The molecule has 2 unspecified atom stereocenters. The standard InChI is InChI=1S/C18H23ClN4O4/c1-9-5-13(19)12(6-14(9)20)17(26)23-7-18(27,8-23)10(2)22-16(25)11-3-4-21-15(11)24/h5-6,10-11,27H,3-4,7-8,20H2,1-2H3,(H,21,24)(H,22,25). The van der Waals surface area contributed by atoms with E-state index in [1.165, 1.54) is 11.0 Å². The van der Waals surface area contributed by atoms with Crippen molar-refractivity contribution in [3.05, 3.63) is 28.3 Å². The van der Waals surface area contributed by atoms with Crippen molar-refractivity contribution in [2.24, 2.45) is 5.92 Å². The summed E-state index contributed by atoms with van der Waals surface area (Å²) in [7, 11) is 0. The predicted molar refractivity (Wildman–Crippen MR) is 100 cm³/mol. The first-order chi connectivity index (χ1) is 12.6. The van der Waals surface area contributed by atoms with E-state index in [-0.39, 0.29) is 30.5 Å². The zero-order valence-electron chi connectivity index (χ0n) is 15.2. The molecule has 2 saturated heterocycles. The third-order valence-corrected chi connectivity index (χ3v) is 5.65. The lowest BCUT2D eigenvalue weighted by Gasteiger charge is -2.49. The molecule has 2 fully saturated rings. The van der Waals surface area contributed by atoms with E-state index in [4.69, 9.17) is 17.3 Å². The summed E-state index contributed by atoms with van der Waals surface area (Å²) in [6, 6.07) is 2.55. The van der Waals surface area contributed by atoms with Gasteiger partial charge >= 0.3 is 0 Å². The Kier molecular flexibility index (Phi) is 5.05. The molecule has 1 aromatic rings. The fraction of sp³-hybridized carbons (Fsp3) is 0.500. The first-order valence-corrected chi connectivity index (χ1v) is 9.15. The van der Waals surface area contributed by atoms with Gasteiger partial charge in [-0.3, -0.25) is 14.4 Å². The van der Waals surface area contributed by atoms with Gasteiger partial charge in [-0.2, -0.15) is 0 Å². The van der Waals surface area contributed by atoms with Gasteiger partial charge in [0.15, 0.2) is 0 Å². The van der Waals surface area contributed by atoms with Gasteiger partial charge in [-0.25, -0.2) is 0 Å². The van der Waals surface area contributed by atoms with E-state index in [2.05, 4.69) is 10.6 Å². The fourth-order valence-electron chi connectivity index (χ4n) is 3.35. The number of benzene rings is 1. The van der Waals surface area contributed by atoms with Crippen molar-refractivity contribution >= 4 is 35.0 Å². The summed E-state index contributed by atoms with van der Waals surface area (Å²) >= 11 is 6.15. The van der Waals surface area contributed by atoms with Gasteiger partial charge in [-0.15, -0.1) is 0 Å². The van der Waals surface area contributed by atoms with Crippen molar-refractivity contribution in [3.8, 4) is 0 Å². The molecule has 9 heteroatoms. The van der Waals surface area contributed by atoms with Crippen molar-refractivity contribution in [1.82, 2.24) is 15.5 Å². The minimum absolute atomic E-state index is 0.0499. The van der Waals surface area contributed by atoms with Crippen molar-refractivity contribution < 1.29 is 19.5 Å². The number of β-amino-alcohol motifs (C(OH)–C–C–N with tert-alkyl or cyclic N) is 1. The van der Waals surface area contributed by atoms with E-state index in [9.17, 15) is 19.5 Å². The zero-order chi connectivity index (χ0) is 19.9. The van der Waals surface area contributed by atoms with Crippen molar-refractivity contribution in [2.45, 2.75) is 31.9 Å². The lowest BCUT2D eigenvalue weighted by atomic mass is 9.85. The number of halogens is 1. The number of rotatable bonds is 4. The maximum atomic E-state index is 12.6. The van der Waals surface area contributed by atoms with Gasteiger partial charge in [0, 0.05) is 12.2 Å². The maximum Gasteiger partial charge on any atom is 0.255 e. The lowest BCUT2D eigenvalue weighted by Crippen LogP contribution is -2.71. The Bertz CT molecular complexity index is 807. The van der Waals surface area contributed by atoms with Crippen LogP contribution in [0.25, 0.3) is 0 Å². The number of nitrogen functional groups attached to an aromatic ring is 1. The van der Waals surface area contributed by atoms with E-state index >= 15 is 0 Å². The summed E-state index contributed by atoms with van der Waals surface area (Å²) in [4.78, 5) is 37.9. The van der Waals surface area contributed by atoms with Crippen LogP contribution in [0.1, 0.15) is 29.3 Å². The number of carbonyl (C=O) groups is 3. The largest absolute Gasteiger partial charge is 0.398 e. The third kappa shape index (κ3) is 3.59. The average Bonchev–Trinajstić information content (AvgIpc) is 3.00. The summed E-state index contributed by atoms with van der Waals surface area (Å²) in [6.45, 7) is 4.02. The summed E-state index contributed by atoms with van der Waals surface area (Å²) < 4.78 is 0. The van der Waals surface area contributed by atoms with Crippen molar-refractivity contribution in [2.75, 3.05) is 25.4 Å². The molecule has 146 valence electrons. The SMILES string of the molecule is Cc1cc(Cl)c(C(=O)N2CC(O)(C(C)NC(=O)C3CCNC3=O)C2)cc1N. The molecule has 27 heavy (non-hydrogen) atoms. The summed E-state index contributed by atoms with van der Waals surface area (Å²) in [5.41, 5.74) is 6.12. The zero-order valence-corrected chi connectivity index (χ0v) is 16.0. The molecular formula is C18H23ClN4O4. The van der Waals surface area contributed by atoms with E-state index in [0.717, 1.165) is 5.56 Å². The van der Waals surface area contributed by atoms with Crippen molar-refractivity contribution in [1.29, 1.82) is 0 Å². The van der Waals surface area contributed by atoms with Gasteiger partial charge < -0.3 is 26.4 Å². The number of nitrogens with one attached hydrogen (secondary N) is 2. The minimum Gasteiger partial charge on any atom is -0.398 e. The van der Waals surface area contributed by atoms with Crippen LogP contribution in [0.2, 0.25) is 5.02 Å². The van der Waals surface area contributed by atoms with Crippen LogP contribution in [0.5, 0.6) is 0 Å². The van der Waals surface area contributed by atoms with Gasteiger partial charge in [0.05, 0.1) is 29.7 Å². The quantitative estimate of drug-likeness (QED) is 0.424. The third-order valence-electron chi connectivity index (χ3n) is 5.33. The van der Waals surface area contributed by atoms with E-state index in [1.54, 1.807) is 19.9 Å². The number of hydrogen-bond acceptors (Lipinski definition) is 5. The second-order valence-corrected chi connectivity index (χ2v) is 7.72. The minimum atomic E-state index is -1.26. The number of likely N-dealkylation sites (tertiary alicyclic amines) is 1. The smallest absolute Gasteiger partial charge is 0.255 e. The molecule has 0 bridgehead atoms. The Morgan fingerprint density at radius 2 is 2.11 bits per heavy atom. The van der Waals surface area contributed by atoms with Crippen LogP contribution in [0.15, 0.2) is 12.1 Å². The monoisotopic (exact) mass is 394 g/mol. The second-order valence-electron chi connectivity index (χ2n) is 7.32. The number of nitrogens with zero attached hydrogens (tertiary/aromatic N) is 1. The van der Waals surface area contributed by atoms with Crippen LogP contribution >= 0.6 is 11.6 Å². The average molecular weight is 395 g/mol. The number of anilines is 1. The van der Waals surface area contributed by atoms with Crippen molar-refractivity contribution in [3.63, 3.8) is 0 Å². The molecule has 2 atom stereocenters. The van der Waals surface area contributed by atoms with Crippen LogP contribution in [-0.2, 0) is 9.59 Å². The Balaban J connectivity index is 1.61. The molecule has 0 spiro atoms. The molecule has 3 amide bonds. The van der Waals surface area contributed by atoms with Crippen LogP contribution in [-0.4, -0.2) is 59.0 Å². The van der Waals surface area contributed by atoms with Crippen LogP contribution in [0, 0.1) is 12.8 Å². The number of hydrogen-bond donors (Lipinski definition) is 4. The predicted octanol–water partition coefficient (Wildman–Crippen LogP) is 0.0583. The molecule has 2 aliphatic heterocycles. The molecule has 0 aliphatic carbocycles. The highest BCUT2D eigenvalue weighted by Gasteiger charge is 2.49. The molecule has 2 aliphatic rings. The molecule has 0 radical (unpaired) electrons. The first kappa shape index (κ1) is 19.4. The topological polar surface area (TPSA) is 125 Å². The number of amides is 3. The number of aliphatic hydroxyl groups is 1. The normalized spacial score (nSPS) is 22.0. The van der Waals surface area contributed by atoms with Gasteiger partial charge in [-0.05, 0) is 38.0 Å². The molecule has 0 saturated carbocycles. The highest BCUT2D eigenvalue weighted by molar-refractivity contribution is 6.34. The molecular weight excluding hydrogens is 372 g/mol. The van der Waals surface area contributed by atoms with Crippen LogP contribution in [0.4, 0.5) is 5.69 Å². The summed E-state index contributed by atoms with van der Waals surface area (Å²) in [5.74, 6) is -1.78. The maximum absolute atomic E-state index is 12.6. The number of carbonyl (C=O) groups excluding carboxylic acids is 3. The highest BCUT2D eigenvalue weighted by atomic mass is 35.5. The van der Waals surface area contributed by atoms with E-state index in [1.807, 2.05) is 0 Å². The molecule has 1 aromatic carbocycles. The Hall–Kier alpha value is -2.32. The Morgan fingerprint density at radius 3 is 2.70 bits per heavy atom. The molecule has 2 heterocycles. The van der Waals surface area contributed by atoms with Gasteiger partial charge in [-0.1, -0.05) is 11.6 Å². The van der Waals surface area contributed by atoms with Crippen LogP contribution < -0.4 is 16.4 Å². The summed E-state index contributed by atoms with van der Waals surface area (Å²) in [6.07, 6.45) is 0.438. The van der Waals surface area contributed by atoms with Crippen LogP contribution in [0.3, 0.4) is 0 Å². The Morgan fingerprint density at radius 1 is 1.44 bits per heavy atom. The molecule has 3 rings (SSSR count). The Labute approximate surface area is 162 Å². The molecule has 0 aromatic heterocycles. The van der Waals surface area contributed by atoms with Gasteiger partial charge in [0.2, 0.25) is 11.8 Å². The lowest BCUT2D eigenvalue weighted by molar-refractivity contribution is -0.138. The number of nitrogens with two attached hydrogens (primary N) is 1. The van der Waals surface area contributed by atoms with E-state index < -0.39 is 23.5 Å². The molecule has 5 N–H and O–H groups in total. The van der Waals surface area contributed by atoms with E-state index in [0.29, 0.717) is 23.7 Å². The number of aryl methyl sites for hydroxylation is 1. The second kappa shape index (κ2) is 7.01. The van der Waals surface area contributed by atoms with Gasteiger partial charge in [0.25, 0.3) is 5.91 Å². The highest BCUT2D eigenvalue weighted by Crippen LogP contribution is 2.30. The molecule has 8 nitrogen and oxygen atoms in total. The fourth-order valence-corrected chi connectivity index (χ4v) is 3.65. The first-order valence-electron chi connectivity index (χ1n) is 8.78. The van der Waals surface area contributed by atoms with Gasteiger partial charge in [0.1, 0.15) is 11.5 Å². The summed E-state index contributed by atoms with van der Waals surface area (Å²) in [5, 5.41) is 16.3.